The molecule has 1 N–H and O–H groups in total. The summed E-state index contributed by atoms with van der Waals surface area (Å²) >= 11 is 0. The molecule has 0 saturated carbocycles. The van der Waals surface area contributed by atoms with Crippen LogP contribution in [-0.4, -0.2) is 19.2 Å². The Morgan fingerprint density at radius 1 is 1.27 bits per heavy atom. The minimum atomic E-state index is 0. The van der Waals surface area contributed by atoms with Crippen LogP contribution in [0.1, 0.15) is 0 Å². The molecule has 0 bridgehead atoms. The van der Waals surface area contributed by atoms with E-state index in [1.165, 1.54) is 12.1 Å². The number of nitrogens with zero attached hydrogens (tertiary/aromatic N) is 3. The van der Waals surface area contributed by atoms with Gasteiger partial charge in [0.15, 0.2) is 4.98 Å². The van der Waals surface area contributed by atoms with Gasteiger partial charge in [0.1, 0.15) is 5.75 Å². The second-order valence-corrected chi connectivity index (χ2v) is 2.67. The van der Waals surface area contributed by atoms with Gasteiger partial charge in [-0.05, 0) is 6.07 Å². The monoisotopic (exact) mass is 298 g/mol. The smallest absolute Gasteiger partial charge is 0.387 e. The van der Waals surface area contributed by atoms with Crippen LogP contribution in [0.15, 0.2) is 18.2 Å². The predicted octanol–water partition coefficient (Wildman–Crippen LogP) is -4.05. The van der Waals surface area contributed by atoms with Crippen molar-refractivity contribution in [1.82, 2.24) is 0 Å². The molecule has 0 saturated heterocycles. The first-order chi connectivity index (χ1) is 5.65. The third-order valence-corrected chi connectivity index (χ3v) is 1.56. The average molecular weight is 300 g/mol. The van der Waals surface area contributed by atoms with Crippen LogP contribution in [0.25, 0.3) is 4.98 Å². The SMILES string of the molecule is CN(C)c1cc([N+]#N)ccc1O.[Cl-].[Cl-].[Zn]. The summed E-state index contributed by atoms with van der Waals surface area (Å²) in [6.07, 6.45) is 0. The Balaban J connectivity index is -0.000000480. The molecule has 7 heteroatoms. The molecule has 0 amide bonds. The Labute approximate surface area is 114 Å². The van der Waals surface area contributed by atoms with E-state index in [0.29, 0.717) is 11.4 Å². The van der Waals surface area contributed by atoms with Crippen molar-refractivity contribution in [2.45, 2.75) is 0 Å². The van der Waals surface area contributed by atoms with E-state index in [1.54, 1.807) is 25.1 Å². The number of benzene rings is 1. The summed E-state index contributed by atoms with van der Waals surface area (Å²) in [6.45, 7) is 0. The van der Waals surface area contributed by atoms with Crippen LogP contribution in [-0.2, 0) is 19.5 Å². The van der Waals surface area contributed by atoms with Crippen molar-refractivity contribution in [2.24, 2.45) is 0 Å². The fourth-order valence-corrected chi connectivity index (χ4v) is 0.932. The molecule has 1 aromatic carbocycles. The Morgan fingerprint density at radius 3 is 2.20 bits per heavy atom. The van der Waals surface area contributed by atoms with Crippen LogP contribution in [0.2, 0.25) is 0 Å². The number of phenolic OH excluding ortho intramolecular Hbond substituents is 1. The van der Waals surface area contributed by atoms with Crippen LogP contribution >= 0.6 is 0 Å². The van der Waals surface area contributed by atoms with Crippen molar-refractivity contribution in [3.05, 3.63) is 23.2 Å². The molecule has 1 rings (SSSR count). The number of diazo groups is 1. The van der Waals surface area contributed by atoms with Gasteiger partial charge >= 0.3 is 5.69 Å². The number of anilines is 1. The van der Waals surface area contributed by atoms with Crippen LogP contribution in [0.4, 0.5) is 11.4 Å². The summed E-state index contributed by atoms with van der Waals surface area (Å²) in [5.41, 5.74) is 1.06. The molecule has 15 heavy (non-hydrogen) atoms. The maximum Gasteiger partial charge on any atom is 0.387 e. The third-order valence-electron chi connectivity index (χ3n) is 1.56. The molecule has 0 unspecified atom stereocenters. The van der Waals surface area contributed by atoms with E-state index in [9.17, 15) is 5.11 Å². The Hall–Kier alpha value is -0.557. The molecule has 0 aromatic heterocycles. The number of halogens is 2. The zero-order valence-electron chi connectivity index (χ0n) is 8.48. The maximum absolute atomic E-state index is 9.34. The summed E-state index contributed by atoms with van der Waals surface area (Å²) in [4.78, 5) is 4.76. The van der Waals surface area contributed by atoms with Crippen LogP contribution in [0, 0.1) is 5.39 Å². The average Bonchev–Trinajstić information content (AvgIpc) is 2.05. The van der Waals surface area contributed by atoms with E-state index >= 15 is 0 Å². The molecule has 0 fully saturated rings. The summed E-state index contributed by atoms with van der Waals surface area (Å²) in [7, 11) is 3.60. The second-order valence-electron chi connectivity index (χ2n) is 2.67. The van der Waals surface area contributed by atoms with Crippen molar-refractivity contribution in [2.75, 3.05) is 19.0 Å². The van der Waals surface area contributed by atoms with E-state index in [0.717, 1.165) is 0 Å². The van der Waals surface area contributed by atoms with Crippen molar-refractivity contribution >= 4 is 11.4 Å². The van der Waals surface area contributed by atoms with Gasteiger partial charge in [-0.1, -0.05) is 0 Å². The molecule has 0 heterocycles. The Bertz CT molecular complexity index is 341. The van der Waals surface area contributed by atoms with E-state index in [2.05, 4.69) is 4.98 Å². The van der Waals surface area contributed by atoms with Gasteiger partial charge in [-0.3, -0.25) is 0 Å². The number of aromatic hydroxyl groups is 1. The minimum Gasteiger partial charge on any atom is -1.00 e. The van der Waals surface area contributed by atoms with Crippen molar-refractivity contribution in [3.63, 3.8) is 0 Å². The Kier molecular flexibility index (Phi) is 11.6. The molecule has 80 valence electrons. The van der Waals surface area contributed by atoms with Crippen LogP contribution < -0.4 is 29.7 Å². The molecule has 4 nitrogen and oxygen atoms in total. The van der Waals surface area contributed by atoms with E-state index in [4.69, 9.17) is 5.39 Å². The first-order valence-electron chi connectivity index (χ1n) is 3.50. The maximum atomic E-state index is 9.34. The molecule has 0 spiro atoms. The molecule has 0 aliphatic rings. The van der Waals surface area contributed by atoms with Crippen molar-refractivity contribution in [1.29, 1.82) is 5.39 Å². The molecule has 0 atom stereocenters. The summed E-state index contributed by atoms with van der Waals surface area (Å²) in [6, 6.07) is 4.61. The fraction of sp³-hybridized carbons (Fsp3) is 0.250. The van der Waals surface area contributed by atoms with Crippen molar-refractivity contribution < 1.29 is 49.4 Å². The third kappa shape index (κ3) is 5.18. The van der Waals surface area contributed by atoms with Gasteiger partial charge in [0, 0.05) is 39.6 Å². The normalized spacial score (nSPS) is 7.27. The number of hydrogen-bond acceptors (Lipinski definition) is 3. The Morgan fingerprint density at radius 2 is 1.80 bits per heavy atom. The molecule has 0 aliphatic carbocycles. The van der Waals surface area contributed by atoms with E-state index in [1.807, 2.05) is 0 Å². The first kappa shape index (κ1) is 19.9. The van der Waals surface area contributed by atoms with Gasteiger partial charge in [-0.2, -0.15) is 0 Å². The van der Waals surface area contributed by atoms with Gasteiger partial charge in [0.05, 0.1) is 11.8 Å². The van der Waals surface area contributed by atoms with E-state index < -0.39 is 0 Å². The largest absolute Gasteiger partial charge is 1.00 e. The summed E-state index contributed by atoms with van der Waals surface area (Å²) in [5, 5.41) is 17.8. The molecular weight excluding hydrogens is 290 g/mol. The molecule has 1 aromatic rings. The minimum absolute atomic E-state index is 0. The molecule has 0 radical (unpaired) electrons. The van der Waals surface area contributed by atoms with Crippen LogP contribution in [0.3, 0.4) is 0 Å². The summed E-state index contributed by atoms with van der Waals surface area (Å²) in [5.74, 6) is 0.174. The van der Waals surface area contributed by atoms with Crippen molar-refractivity contribution in [3.8, 4) is 5.75 Å². The second kappa shape index (κ2) is 8.73. The van der Waals surface area contributed by atoms with Gasteiger partial charge in [-0.15, -0.1) is 0 Å². The molecule has 0 aliphatic heterocycles. The van der Waals surface area contributed by atoms with Gasteiger partial charge < -0.3 is 34.8 Å². The summed E-state index contributed by atoms with van der Waals surface area (Å²) < 4.78 is 0. The predicted molar refractivity (Wildman–Crippen MR) is 47.2 cm³/mol. The standard InChI is InChI=1S/C8H9N3O.2ClH.Zn/c1-11(2)7-5-6(10-9)3-4-8(7)12;;;/h3-5H,1-2H3;2*1H;/p-1. The molecular formula is C8H10Cl2N3OZn-. The van der Waals surface area contributed by atoms with Crippen LogP contribution in [0.5, 0.6) is 5.75 Å². The topological polar surface area (TPSA) is 51.6 Å². The number of phenols is 1. The zero-order chi connectivity index (χ0) is 9.14. The zero-order valence-corrected chi connectivity index (χ0v) is 13.0. The van der Waals surface area contributed by atoms with E-state index in [-0.39, 0.29) is 50.0 Å². The van der Waals surface area contributed by atoms with Gasteiger partial charge in [0.2, 0.25) is 5.39 Å². The number of hydrogen-bond donors (Lipinski definition) is 1. The van der Waals surface area contributed by atoms with Gasteiger partial charge in [0.25, 0.3) is 0 Å². The fourth-order valence-electron chi connectivity index (χ4n) is 0.932. The first-order valence-corrected chi connectivity index (χ1v) is 3.50. The quantitative estimate of drug-likeness (QED) is 0.424. The number of rotatable bonds is 1. The van der Waals surface area contributed by atoms with Gasteiger partial charge in [-0.25, -0.2) is 0 Å².